The molecule has 1 unspecified atom stereocenters. The second-order valence-electron chi connectivity index (χ2n) is 3.79. The number of aliphatic hydroxyl groups is 1. The first-order chi connectivity index (χ1) is 7.65. The molecule has 4 nitrogen and oxygen atoms in total. The molecule has 0 amide bonds. The van der Waals surface area contributed by atoms with Gasteiger partial charge in [0.1, 0.15) is 5.92 Å². The van der Waals surface area contributed by atoms with E-state index in [9.17, 15) is 4.79 Å². The molecule has 0 aliphatic heterocycles. The van der Waals surface area contributed by atoms with Crippen molar-refractivity contribution in [3.63, 3.8) is 0 Å². The van der Waals surface area contributed by atoms with Crippen molar-refractivity contribution in [3.05, 3.63) is 36.0 Å². The summed E-state index contributed by atoms with van der Waals surface area (Å²) in [5.41, 5.74) is 1.63. The standard InChI is InChI=1S/C12H13NO3/c1-13-6-9(10(7-14)12(15)16)8-4-2-3-5-11(8)13/h2-6,10,14H,7H2,1H3,(H,15,16). The number of para-hydroxylation sites is 1. The maximum Gasteiger partial charge on any atom is 0.313 e. The number of carbonyl (C=O) groups is 1. The van der Waals surface area contributed by atoms with Crippen LogP contribution in [0.3, 0.4) is 0 Å². The van der Waals surface area contributed by atoms with E-state index < -0.39 is 11.9 Å². The molecule has 84 valence electrons. The van der Waals surface area contributed by atoms with Gasteiger partial charge in [-0.2, -0.15) is 0 Å². The maximum atomic E-state index is 11.0. The lowest BCUT2D eigenvalue weighted by atomic mass is 10.00. The van der Waals surface area contributed by atoms with Crippen LogP contribution in [0.4, 0.5) is 0 Å². The fourth-order valence-electron chi connectivity index (χ4n) is 1.96. The minimum atomic E-state index is -1.00. The Balaban J connectivity index is 2.64. The van der Waals surface area contributed by atoms with Crippen LogP contribution in [-0.4, -0.2) is 27.4 Å². The molecule has 0 radical (unpaired) electrons. The van der Waals surface area contributed by atoms with Crippen LogP contribution in [0.25, 0.3) is 10.9 Å². The van der Waals surface area contributed by atoms with Crippen LogP contribution in [0.5, 0.6) is 0 Å². The Kier molecular flexibility index (Phi) is 2.66. The molecular weight excluding hydrogens is 206 g/mol. The second-order valence-corrected chi connectivity index (χ2v) is 3.79. The monoisotopic (exact) mass is 219 g/mol. The first-order valence-electron chi connectivity index (χ1n) is 5.02. The van der Waals surface area contributed by atoms with Crippen LogP contribution < -0.4 is 0 Å². The highest BCUT2D eigenvalue weighted by Crippen LogP contribution is 2.27. The summed E-state index contributed by atoms with van der Waals surface area (Å²) in [4.78, 5) is 11.0. The fourth-order valence-corrected chi connectivity index (χ4v) is 1.96. The van der Waals surface area contributed by atoms with Crippen LogP contribution in [-0.2, 0) is 11.8 Å². The average Bonchev–Trinajstić information content (AvgIpc) is 2.58. The molecule has 1 heterocycles. The molecule has 0 aliphatic carbocycles. The van der Waals surface area contributed by atoms with Gasteiger partial charge >= 0.3 is 5.97 Å². The van der Waals surface area contributed by atoms with Gasteiger partial charge in [0.05, 0.1) is 6.61 Å². The minimum absolute atomic E-state index is 0.386. The summed E-state index contributed by atoms with van der Waals surface area (Å²) in [5, 5.41) is 19.0. The van der Waals surface area contributed by atoms with Gasteiger partial charge in [-0.1, -0.05) is 18.2 Å². The molecule has 0 aliphatic rings. The van der Waals surface area contributed by atoms with E-state index in [4.69, 9.17) is 10.2 Å². The molecule has 1 atom stereocenters. The van der Waals surface area contributed by atoms with E-state index in [0.717, 1.165) is 10.9 Å². The molecular formula is C12H13NO3. The molecule has 0 saturated heterocycles. The Hall–Kier alpha value is -1.81. The Bertz CT molecular complexity index is 530. The van der Waals surface area contributed by atoms with Crippen LogP contribution >= 0.6 is 0 Å². The lowest BCUT2D eigenvalue weighted by Crippen LogP contribution is -2.15. The van der Waals surface area contributed by atoms with Crippen LogP contribution in [0.2, 0.25) is 0 Å². The van der Waals surface area contributed by atoms with Gasteiger partial charge in [-0.05, 0) is 11.6 Å². The number of benzene rings is 1. The number of hydrogen-bond donors (Lipinski definition) is 2. The SMILES string of the molecule is Cn1cc(C(CO)C(=O)O)c2ccccc21. The van der Waals surface area contributed by atoms with Gasteiger partial charge in [0.2, 0.25) is 0 Å². The van der Waals surface area contributed by atoms with Gasteiger partial charge in [0, 0.05) is 24.1 Å². The highest BCUT2D eigenvalue weighted by atomic mass is 16.4. The number of aryl methyl sites for hydroxylation is 1. The van der Waals surface area contributed by atoms with Crippen molar-refractivity contribution < 1.29 is 15.0 Å². The third kappa shape index (κ3) is 1.57. The van der Waals surface area contributed by atoms with E-state index in [0.29, 0.717) is 5.56 Å². The molecule has 4 heteroatoms. The molecule has 0 spiro atoms. The number of carboxylic acids is 1. The largest absolute Gasteiger partial charge is 0.481 e. The zero-order valence-corrected chi connectivity index (χ0v) is 8.92. The van der Waals surface area contributed by atoms with Crippen LogP contribution in [0.15, 0.2) is 30.5 Å². The highest BCUT2D eigenvalue weighted by Gasteiger charge is 2.22. The maximum absolute atomic E-state index is 11.0. The van der Waals surface area contributed by atoms with Crippen molar-refractivity contribution in [1.82, 2.24) is 4.57 Å². The van der Waals surface area contributed by atoms with Gasteiger partial charge in [-0.15, -0.1) is 0 Å². The van der Waals surface area contributed by atoms with E-state index in [1.807, 2.05) is 35.9 Å². The zero-order valence-electron chi connectivity index (χ0n) is 8.92. The fraction of sp³-hybridized carbons (Fsp3) is 0.250. The molecule has 0 saturated carbocycles. The van der Waals surface area contributed by atoms with E-state index in [-0.39, 0.29) is 6.61 Å². The van der Waals surface area contributed by atoms with Crippen LogP contribution in [0, 0.1) is 0 Å². The Morgan fingerprint density at radius 1 is 1.44 bits per heavy atom. The number of rotatable bonds is 3. The Morgan fingerprint density at radius 3 is 2.75 bits per heavy atom. The van der Waals surface area contributed by atoms with E-state index in [1.165, 1.54) is 0 Å². The third-order valence-corrected chi connectivity index (χ3v) is 2.78. The predicted molar refractivity (Wildman–Crippen MR) is 60.4 cm³/mol. The molecule has 2 rings (SSSR count). The van der Waals surface area contributed by atoms with Crippen molar-refractivity contribution in [3.8, 4) is 0 Å². The smallest absolute Gasteiger partial charge is 0.313 e. The van der Waals surface area contributed by atoms with E-state index >= 15 is 0 Å². The number of hydrogen-bond acceptors (Lipinski definition) is 2. The lowest BCUT2D eigenvalue weighted by Gasteiger charge is -2.07. The second kappa shape index (κ2) is 3.98. The number of carboxylic acid groups (broad SMARTS) is 1. The van der Waals surface area contributed by atoms with Gasteiger partial charge in [0.15, 0.2) is 0 Å². The van der Waals surface area contributed by atoms with E-state index in [1.54, 1.807) is 6.20 Å². The summed E-state index contributed by atoms with van der Waals surface area (Å²) in [7, 11) is 1.86. The van der Waals surface area contributed by atoms with Gasteiger partial charge < -0.3 is 14.8 Å². The summed E-state index contributed by atoms with van der Waals surface area (Å²) in [5.74, 6) is -1.86. The van der Waals surface area contributed by atoms with Crippen molar-refractivity contribution in [2.45, 2.75) is 5.92 Å². The quantitative estimate of drug-likeness (QED) is 0.818. The molecule has 0 bridgehead atoms. The third-order valence-electron chi connectivity index (χ3n) is 2.78. The number of aliphatic carboxylic acids is 1. The molecule has 2 aromatic rings. The zero-order chi connectivity index (χ0) is 11.7. The Labute approximate surface area is 92.7 Å². The van der Waals surface area contributed by atoms with Crippen molar-refractivity contribution in [2.24, 2.45) is 7.05 Å². The number of nitrogens with zero attached hydrogens (tertiary/aromatic N) is 1. The summed E-state index contributed by atoms with van der Waals surface area (Å²) in [6, 6.07) is 7.56. The van der Waals surface area contributed by atoms with Crippen molar-refractivity contribution in [2.75, 3.05) is 6.61 Å². The summed E-state index contributed by atoms with van der Waals surface area (Å²) in [6.07, 6.45) is 1.76. The first-order valence-corrected chi connectivity index (χ1v) is 5.02. The summed E-state index contributed by atoms with van der Waals surface area (Å²) < 4.78 is 1.87. The molecule has 2 N–H and O–H groups in total. The average molecular weight is 219 g/mol. The predicted octanol–water partition coefficient (Wildman–Crippen LogP) is 1.34. The highest BCUT2D eigenvalue weighted by molar-refractivity contribution is 5.89. The summed E-state index contributed by atoms with van der Waals surface area (Å²) in [6.45, 7) is -0.386. The van der Waals surface area contributed by atoms with Gasteiger partial charge in [-0.3, -0.25) is 4.79 Å². The first kappa shape index (κ1) is 10.7. The number of fused-ring (bicyclic) bond motifs is 1. The number of aromatic nitrogens is 1. The van der Waals surface area contributed by atoms with Crippen molar-refractivity contribution in [1.29, 1.82) is 0 Å². The van der Waals surface area contributed by atoms with Crippen molar-refractivity contribution >= 4 is 16.9 Å². The van der Waals surface area contributed by atoms with Gasteiger partial charge in [0.25, 0.3) is 0 Å². The van der Waals surface area contributed by atoms with Crippen LogP contribution in [0.1, 0.15) is 11.5 Å². The van der Waals surface area contributed by atoms with Gasteiger partial charge in [-0.25, -0.2) is 0 Å². The molecule has 0 fully saturated rings. The molecule has 16 heavy (non-hydrogen) atoms. The minimum Gasteiger partial charge on any atom is -0.481 e. The number of aliphatic hydroxyl groups excluding tert-OH is 1. The normalized spacial score (nSPS) is 12.9. The topological polar surface area (TPSA) is 62.5 Å². The molecule has 1 aromatic heterocycles. The Morgan fingerprint density at radius 2 is 2.12 bits per heavy atom. The van der Waals surface area contributed by atoms with E-state index in [2.05, 4.69) is 0 Å². The summed E-state index contributed by atoms with van der Waals surface area (Å²) >= 11 is 0. The molecule has 1 aromatic carbocycles. The lowest BCUT2D eigenvalue weighted by molar-refractivity contribution is -0.139.